The van der Waals surface area contributed by atoms with Gasteiger partial charge in [0.15, 0.2) is 10.9 Å². The van der Waals surface area contributed by atoms with Crippen molar-refractivity contribution >= 4 is 40.4 Å². The van der Waals surface area contributed by atoms with E-state index in [-0.39, 0.29) is 0 Å². The SMILES string of the molecule is Cc1ccc(NC(=S)Nc2cc(C)n(Cc3cccc(Cl)c3)n2)cc1. The van der Waals surface area contributed by atoms with Crippen LogP contribution in [-0.4, -0.2) is 14.9 Å². The number of benzene rings is 2. The molecule has 1 aromatic heterocycles. The predicted octanol–water partition coefficient (Wildman–Crippen LogP) is 5.01. The van der Waals surface area contributed by atoms with Crippen molar-refractivity contribution in [1.29, 1.82) is 0 Å². The van der Waals surface area contributed by atoms with Gasteiger partial charge < -0.3 is 10.6 Å². The number of nitrogens with zero attached hydrogens (tertiary/aromatic N) is 2. The molecule has 128 valence electrons. The van der Waals surface area contributed by atoms with Crippen LogP contribution < -0.4 is 10.6 Å². The molecule has 0 amide bonds. The Labute approximate surface area is 157 Å². The van der Waals surface area contributed by atoms with Gasteiger partial charge in [-0.3, -0.25) is 4.68 Å². The van der Waals surface area contributed by atoms with Crippen LogP contribution in [0.1, 0.15) is 16.8 Å². The Morgan fingerprint density at radius 3 is 2.56 bits per heavy atom. The third-order valence-corrected chi connectivity index (χ3v) is 4.19. The van der Waals surface area contributed by atoms with Gasteiger partial charge in [0.1, 0.15) is 0 Å². The molecule has 2 aromatic carbocycles. The smallest absolute Gasteiger partial charge is 0.176 e. The van der Waals surface area contributed by atoms with Crippen LogP contribution in [0.5, 0.6) is 0 Å². The molecular weight excluding hydrogens is 352 g/mol. The summed E-state index contributed by atoms with van der Waals surface area (Å²) in [6, 6.07) is 17.8. The molecule has 2 N–H and O–H groups in total. The number of thiocarbonyl (C=S) groups is 1. The van der Waals surface area contributed by atoms with Crippen LogP contribution in [-0.2, 0) is 6.54 Å². The maximum absolute atomic E-state index is 6.04. The first-order chi connectivity index (χ1) is 12.0. The molecule has 3 aromatic rings. The highest BCUT2D eigenvalue weighted by Crippen LogP contribution is 2.15. The fourth-order valence-electron chi connectivity index (χ4n) is 2.46. The molecule has 0 unspecified atom stereocenters. The van der Waals surface area contributed by atoms with Crippen molar-refractivity contribution < 1.29 is 0 Å². The average molecular weight is 371 g/mol. The molecule has 1 heterocycles. The molecule has 0 saturated heterocycles. The van der Waals surface area contributed by atoms with Crippen molar-refractivity contribution in [3.63, 3.8) is 0 Å². The predicted molar refractivity (Wildman–Crippen MR) is 109 cm³/mol. The molecule has 3 rings (SSSR count). The van der Waals surface area contributed by atoms with E-state index in [0.717, 1.165) is 22.0 Å². The lowest BCUT2D eigenvalue weighted by molar-refractivity contribution is 0.668. The quantitative estimate of drug-likeness (QED) is 0.633. The zero-order valence-electron chi connectivity index (χ0n) is 14.1. The third kappa shape index (κ3) is 4.81. The van der Waals surface area contributed by atoms with Crippen LogP contribution in [0.25, 0.3) is 0 Å². The number of halogens is 1. The number of rotatable bonds is 4. The first-order valence-electron chi connectivity index (χ1n) is 7.93. The largest absolute Gasteiger partial charge is 0.332 e. The van der Waals surface area contributed by atoms with Gasteiger partial charge in [0.2, 0.25) is 0 Å². The van der Waals surface area contributed by atoms with Gasteiger partial charge in [-0.2, -0.15) is 5.10 Å². The van der Waals surface area contributed by atoms with E-state index in [0.29, 0.717) is 17.5 Å². The van der Waals surface area contributed by atoms with E-state index >= 15 is 0 Å². The number of hydrogen-bond acceptors (Lipinski definition) is 2. The summed E-state index contributed by atoms with van der Waals surface area (Å²) in [5.41, 5.74) is 4.30. The summed E-state index contributed by atoms with van der Waals surface area (Å²) in [5, 5.41) is 12.1. The molecule has 0 spiro atoms. The summed E-state index contributed by atoms with van der Waals surface area (Å²) >= 11 is 11.4. The second kappa shape index (κ2) is 7.68. The minimum Gasteiger partial charge on any atom is -0.332 e. The van der Waals surface area contributed by atoms with Gasteiger partial charge >= 0.3 is 0 Å². The molecule has 0 aliphatic carbocycles. The van der Waals surface area contributed by atoms with E-state index in [1.807, 2.05) is 66.2 Å². The lowest BCUT2D eigenvalue weighted by Crippen LogP contribution is -2.19. The van der Waals surface area contributed by atoms with Crippen molar-refractivity contribution in [2.45, 2.75) is 20.4 Å². The van der Waals surface area contributed by atoms with Gasteiger partial charge in [-0.15, -0.1) is 0 Å². The Kier molecular flexibility index (Phi) is 5.36. The molecule has 0 radical (unpaired) electrons. The molecule has 0 fully saturated rings. The van der Waals surface area contributed by atoms with Crippen LogP contribution in [0.3, 0.4) is 0 Å². The normalized spacial score (nSPS) is 10.5. The molecule has 0 atom stereocenters. The minimum atomic E-state index is 0.510. The van der Waals surface area contributed by atoms with Crippen molar-refractivity contribution in [3.05, 3.63) is 76.4 Å². The van der Waals surface area contributed by atoms with Crippen LogP contribution in [0.4, 0.5) is 11.5 Å². The van der Waals surface area contributed by atoms with Gasteiger partial charge in [-0.1, -0.05) is 41.4 Å². The lowest BCUT2D eigenvalue weighted by Gasteiger charge is -2.09. The molecule has 4 nitrogen and oxygen atoms in total. The summed E-state index contributed by atoms with van der Waals surface area (Å²) in [6.07, 6.45) is 0. The lowest BCUT2D eigenvalue weighted by atomic mass is 10.2. The summed E-state index contributed by atoms with van der Waals surface area (Å²) in [4.78, 5) is 0. The number of aromatic nitrogens is 2. The van der Waals surface area contributed by atoms with Crippen molar-refractivity contribution in [2.75, 3.05) is 10.6 Å². The van der Waals surface area contributed by atoms with E-state index in [1.54, 1.807) is 0 Å². The highest BCUT2D eigenvalue weighted by Gasteiger charge is 2.07. The minimum absolute atomic E-state index is 0.510. The summed E-state index contributed by atoms with van der Waals surface area (Å²) in [6.45, 7) is 4.72. The van der Waals surface area contributed by atoms with E-state index in [4.69, 9.17) is 23.8 Å². The molecule has 0 aliphatic rings. The highest BCUT2D eigenvalue weighted by atomic mass is 35.5. The molecule has 0 bridgehead atoms. The molecular formula is C19H19ClN4S. The fraction of sp³-hybridized carbons (Fsp3) is 0.158. The van der Waals surface area contributed by atoms with Crippen molar-refractivity contribution in [2.24, 2.45) is 0 Å². The van der Waals surface area contributed by atoms with E-state index in [2.05, 4.69) is 22.7 Å². The van der Waals surface area contributed by atoms with Crippen molar-refractivity contribution in [3.8, 4) is 0 Å². The Bertz CT molecular complexity index is 887. The maximum atomic E-state index is 6.04. The number of hydrogen-bond donors (Lipinski definition) is 2. The molecule has 25 heavy (non-hydrogen) atoms. The first kappa shape index (κ1) is 17.5. The zero-order valence-corrected chi connectivity index (χ0v) is 15.7. The Morgan fingerprint density at radius 2 is 1.84 bits per heavy atom. The summed E-state index contributed by atoms with van der Waals surface area (Å²) in [5.74, 6) is 0.712. The van der Waals surface area contributed by atoms with E-state index in [9.17, 15) is 0 Å². The topological polar surface area (TPSA) is 41.9 Å². The Balaban J connectivity index is 1.65. The van der Waals surface area contributed by atoms with Crippen LogP contribution in [0.2, 0.25) is 5.02 Å². The van der Waals surface area contributed by atoms with Crippen LogP contribution >= 0.6 is 23.8 Å². The average Bonchev–Trinajstić information content (AvgIpc) is 2.89. The monoisotopic (exact) mass is 370 g/mol. The van der Waals surface area contributed by atoms with Gasteiger partial charge in [0.25, 0.3) is 0 Å². The van der Waals surface area contributed by atoms with E-state index in [1.165, 1.54) is 5.56 Å². The second-order valence-electron chi connectivity index (χ2n) is 5.90. The Morgan fingerprint density at radius 1 is 1.08 bits per heavy atom. The molecule has 0 saturated carbocycles. The zero-order chi connectivity index (χ0) is 17.8. The fourth-order valence-corrected chi connectivity index (χ4v) is 2.89. The van der Waals surface area contributed by atoms with Crippen LogP contribution in [0.15, 0.2) is 54.6 Å². The summed E-state index contributed by atoms with van der Waals surface area (Å²) in [7, 11) is 0. The number of anilines is 2. The van der Waals surface area contributed by atoms with E-state index < -0.39 is 0 Å². The maximum Gasteiger partial charge on any atom is 0.176 e. The van der Waals surface area contributed by atoms with Gasteiger partial charge in [0, 0.05) is 22.5 Å². The molecule has 0 aliphatic heterocycles. The van der Waals surface area contributed by atoms with Gasteiger partial charge in [-0.05, 0) is 55.9 Å². The Hall–Kier alpha value is -2.37. The summed E-state index contributed by atoms with van der Waals surface area (Å²) < 4.78 is 1.92. The second-order valence-corrected chi connectivity index (χ2v) is 6.75. The highest BCUT2D eigenvalue weighted by molar-refractivity contribution is 7.80. The van der Waals surface area contributed by atoms with Crippen molar-refractivity contribution in [1.82, 2.24) is 9.78 Å². The third-order valence-electron chi connectivity index (χ3n) is 3.75. The van der Waals surface area contributed by atoms with Crippen LogP contribution in [0, 0.1) is 13.8 Å². The molecule has 6 heteroatoms. The van der Waals surface area contributed by atoms with Gasteiger partial charge in [0.05, 0.1) is 6.54 Å². The number of nitrogens with one attached hydrogen (secondary N) is 2. The number of aryl methyl sites for hydroxylation is 2. The van der Waals surface area contributed by atoms with Gasteiger partial charge in [-0.25, -0.2) is 0 Å². The first-order valence-corrected chi connectivity index (χ1v) is 8.72. The standard InChI is InChI=1S/C19H19ClN4S/c1-13-6-8-17(9-7-13)21-19(25)22-18-10-14(2)24(23-18)12-15-4-3-5-16(20)11-15/h3-11H,12H2,1-2H3,(H2,21,22,23,25).